The molecule has 11 heteroatoms. The quantitative estimate of drug-likeness (QED) is 0.335. The van der Waals surface area contributed by atoms with E-state index in [0.717, 1.165) is 29.1 Å². The van der Waals surface area contributed by atoms with Crippen LogP contribution < -0.4 is 20.1 Å². The Balaban J connectivity index is 1.01. The molecule has 0 spiro atoms. The van der Waals surface area contributed by atoms with Gasteiger partial charge in [0.1, 0.15) is 18.9 Å². The Labute approximate surface area is 223 Å². The average Bonchev–Trinajstić information content (AvgIpc) is 3.64. The predicted octanol–water partition coefficient (Wildman–Crippen LogP) is 4.97. The van der Waals surface area contributed by atoms with Crippen molar-refractivity contribution in [2.45, 2.75) is 18.8 Å². The molecule has 6 rings (SSSR count). The van der Waals surface area contributed by atoms with Crippen molar-refractivity contribution in [1.82, 2.24) is 20.1 Å². The summed E-state index contributed by atoms with van der Waals surface area (Å²) in [5.41, 5.74) is 2.86. The van der Waals surface area contributed by atoms with Crippen molar-refractivity contribution in [3.05, 3.63) is 70.7 Å². The van der Waals surface area contributed by atoms with Crippen LogP contribution in [0.1, 0.15) is 34.3 Å². The summed E-state index contributed by atoms with van der Waals surface area (Å²) < 4.78 is 11.1. The van der Waals surface area contributed by atoms with Crippen molar-refractivity contribution in [1.29, 1.82) is 0 Å². The number of hydrogen-bond acceptors (Lipinski definition) is 7. The molecule has 194 valence electrons. The number of amides is 3. The van der Waals surface area contributed by atoms with Gasteiger partial charge in [0, 0.05) is 42.2 Å². The standard InChI is InChI=1S/C27H26N6O4S/c34-25(28-19-6-7-22-23(14-19)37-13-12-36-22)21-16-38-26(29-21)18-8-10-33(11-9-18)27(35)30-24-15-20(31-32-24)17-4-2-1-3-5-17/h1-7,14-16,18H,8-13H2,(H,28,34)(H2,30,31,32,35). The summed E-state index contributed by atoms with van der Waals surface area (Å²) >= 11 is 1.48. The third-order valence-electron chi connectivity index (χ3n) is 6.58. The summed E-state index contributed by atoms with van der Waals surface area (Å²) in [5, 5.41) is 15.6. The van der Waals surface area contributed by atoms with Crippen LogP contribution in [-0.2, 0) is 0 Å². The van der Waals surface area contributed by atoms with Crippen LogP contribution in [0.3, 0.4) is 0 Å². The predicted molar refractivity (Wildman–Crippen MR) is 144 cm³/mol. The molecule has 2 aromatic heterocycles. The van der Waals surface area contributed by atoms with Gasteiger partial charge in [-0.05, 0) is 30.5 Å². The van der Waals surface area contributed by atoms with Gasteiger partial charge in [0.15, 0.2) is 17.3 Å². The fourth-order valence-corrected chi connectivity index (χ4v) is 5.54. The number of aromatic nitrogens is 3. The molecule has 38 heavy (non-hydrogen) atoms. The third kappa shape index (κ3) is 5.18. The molecule has 0 aliphatic carbocycles. The van der Waals surface area contributed by atoms with Crippen molar-refractivity contribution < 1.29 is 19.1 Å². The van der Waals surface area contributed by atoms with Crippen molar-refractivity contribution >= 4 is 34.8 Å². The topological polar surface area (TPSA) is 121 Å². The molecule has 1 saturated heterocycles. The van der Waals surface area contributed by atoms with E-state index < -0.39 is 0 Å². The highest BCUT2D eigenvalue weighted by molar-refractivity contribution is 7.10. The lowest BCUT2D eigenvalue weighted by Gasteiger charge is -2.30. The molecule has 0 saturated carbocycles. The van der Waals surface area contributed by atoms with Crippen LogP contribution in [0, 0.1) is 0 Å². The third-order valence-corrected chi connectivity index (χ3v) is 7.59. The van der Waals surface area contributed by atoms with E-state index in [-0.39, 0.29) is 17.9 Å². The number of rotatable bonds is 5. The largest absolute Gasteiger partial charge is 0.486 e. The Bertz CT molecular complexity index is 1440. The number of benzene rings is 2. The second-order valence-electron chi connectivity index (χ2n) is 9.11. The van der Waals surface area contributed by atoms with E-state index in [1.165, 1.54) is 11.3 Å². The lowest BCUT2D eigenvalue weighted by Crippen LogP contribution is -2.40. The van der Waals surface area contributed by atoms with Gasteiger partial charge < -0.3 is 19.7 Å². The summed E-state index contributed by atoms with van der Waals surface area (Å²) in [7, 11) is 0. The van der Waals surface area contributed by atoms with E-state index in [0.29, 0.717) is 55.0 Å². The van der Waals surface area contributed by atoms with Gasteiger partial charge in [-0.1, -0.05) is 30.3 Å². The maximum Gasteiger partial charge on any atom is 0.323 e. The van der Waals surface area contributed by atoms with Crippen LogP contribution in [0.15, 0.2) is 60.0 Å². The Morgan fingerprint density at radius 2 is 1.76 bits per heavy atom. The molecule has 3 N–H and O–H groups in total. The van der Waals surface area contributed by atoms with Crippen LogP contribution in [-0.4, -0.2) is 58.3 Å². The summed E-state index contributed by atoms with van der Waals surface area (Å²) in [6.07, 6.45) is 1.56. The van der Waals surface area contributed by atoms with Crippen molar-refractivity contribution in [2.24, 2.45) is 0 Å². The molecule has 0 unspecified atom stereocenters. The normalized spacial score (nSPS) is 15.2. The van der Waals surface area contributed by atoms with Gasteiger partial charge in [0.25, 0.3) is 5.91 Å². The minimum atomic E-state index is -0.269. The molecule has 4 aromatic rings. The molecule has 3 amide bonds. The second kappa shape index (κ2) is 10.5. The molecule has 2 aromatic carbocycles. The van der Waals surface area contributed by atoms with Gasteiger partial charge in [0.2, 0.25) is 0 Å². The van der Waals surface area contributed by atoms with E-state index >= 15 is 0 Å². The first-order valence-electron chi connectivity index (χ1n) is 12.5. The Hall–Kier alpha value is -4.38. The number of thiazole rings is 1. The fourth-order valence-electron chi connectivity index (χ4n) is 4.57. The zero-order valence-electron chi connectivity index (χ0n) is 20.5. The van der Waals surface area contributed by atoms with Gasteiger partial charge in [-0.15, -0.1) is 11.3 Å². The summed E-state index contributed by atoms with van der Waals surface area (Å²) in [6.45, 7) is 2.21. The van der Waals surface area contributed by atoms with E-state index in [2.05, 4.69) is 25.8 Å². The number of aromatic amines is 1. The molecular formula is C27H26N6O4S. The van der Waals surface area contributed by atoms with Crippen LogP contribution in [0.25, 0.3) is 11.3 Å². The van der Waals surface area contributed by atoms with Crippen LogP contribution >= 0.6 is 11.3 Å². The molecule has 10 nitrogen and oxygen atoms in total. The number of H-pyrrole nitrogens is 1. The minimum absolute atomic E-state index is 0.173. The number of carbonyl (C=O) groups excluding carboxylic acids is 2. The number of carbonyl (C=O) groups is 2. The smallest absolute Gasteiger partial charge is 0.323 e. The van der Waals surface area contributed by atoms with Crippen molar-refractivity contribution in [2.75, 3.05) is 36.9 Å². The number of anilines is 2. The zero-order valence-corrected chi connectivity index (χ0v) is 21.3. The number of ether oxygens (including phenoxy) is 2. The first kappa shape index (κ1) is 24.0. The average molecular weight is 531 g/mol. The molecule has 1 fully saturated rings. The van der Waals surface area contributed by atoms with E-state index in [4.69, 9.17) is 9.47 Å². The number of nitrogens with zero attached hydrogens (tertiary/aromatic N) is 3. The van der Waals surface area contributed by atoms with Gasteiger partial charge in [-0.3, -0.25) is 15.2 Å². The van der Waals surface area contributed by atoms with Crippen molar-refractivity contribution in [3.63, 3.8) is 0 Å². The number of hydrogen-bond donors (Lipinski definition) is 3. The molecular weight excluding hydrogens is 504 g/mol. The Morgan fingerprint density at radius 3 is 2.58 bits per heavy atom. The molecule has 0 bridgehead atoms. The van der Waals surface area contributed by atoms with E-state index in [1.54, 1.807) is 28.5 Å². The monoisotopic (exact) mass is 530 g/mol. The summed E-state index contributed by atoms with van der Waals surface area (Å²) in [6, 6.07) is 16.8. The van der Waals surface area contributed by atoms with Crippen molar-refractivity contribution in [3.8, 4) is 22.8 Å². The van der Waals surface area contributed by atoms with Gasteiger partial charge in [-0.2, -0.15) is 5.10 Å². The number of fused-ring (bicyclic) bond motifs is 1. The Kier molecular flexibility index (Phi) is 6.65. The number of piperidine rings is 1. The van der Waals surface area contributed by atoms with Gasteiger partial charge >= 0.3 is 6.03 Å². The summed E-state index contributed by atoms with van der Waals surface area (Å²) in [4.78, 5) is 32.0. The molecule has 2 aliphatic heterocycles. The van der Waals surface area contributed by atoms with E-state index in [9.17, 15) is 9.59 Å². The lowest BCUT2D eigenvalue weighted by molar-refractivity contribution is 0.102. The highest BCUT2D eigenvalue weighted by Gasteiger charge is 2.27. The highest BCUT2D eigenvalue weighted by Crippen LogP contribution is 2.34. The zero-order chi connectivity index (χ0) is 25.9. The molecule has 0 atom stereocenters. The maximum atomic E-state index is 12.8. The first-order chi connectivity index (χ1) is 18.6. The molecule has 0 radical (unpaired) electrons. The fraction of sp³-hybridized carbons (Fsp3) is 0.259. The van der Waals surface area contributed by atoms with Gasteiger partial charge in [-0.25, -0.2) is 9.78 Å². The summed E-state index contributed by atoms with van der Waals surface area (Å²) in [5.74, 6) is 1.72. The molecule has 2 aliphatic rings. The number of urea groups is 1. The highest BCUT2D eigenvalue weighted by atomic mass is 32.1. The van der Waals surface area contributed by atoms with Crippen LogP contribution in [0.5, 0.6) is 11.5 Å². The molecule has 4 heterocycles. The van der Waals surface area contributed by atoms with E-state index in [1.807, 2.05) is 36.4 Å². The second-order valence-corrected chi connectivity index (χ2v) is 10.00. The van der Waals surface area contributed by atoms with Crippen LogP contribution in [0.4, 0.5) is 16.3 Å². The maximum absolute atomic E-state index is 12.8. The minimum Gasteiger partial charge on any atom is -0.486 e. The SMILES string of the molecule is O=C(Nc1ccc2c(c1)OCCO2)c1csc(C2CCN(C(=O)Nc3cc(-c4ccccc4)[nH]n3)CC2)n1. The first-order valence-corrected chi connectivity index (χ1v) is 13.3. The number of nitrogens with one attached hydrogen (secondary N) is 3. The number of likely N-dealkylation sites (tertiary alicyclic amines) is 1. The Morgan fingerprint density at radius 1 is 0.974 bits per heavy atom. The lowest BCUT2D eigenvalue weighted by atomic mass is 9.98. The van der Waals surface area contributed by atoms with Gasteiger partial charge in [0.05, 0.1) is 10.7 Å². The van der Waals surface area contributed by atoms with Crippen LogP contribution in [0.2, 0.25) is 0 Å².